The number of esters is 1. The average molecular weight is 264 g/mol. The van der Waals surface area contributed by atoms with E-state index in [4.69, 9.17) is 4.74 Å². The van der Waals surface area contributed by atoms with Crippen molar-refractivity contribution in [3.8, 4) is 0 Å². The molecular formula is C11H12F3O2P. The van der Waals surface area contributed by atoms with Crippen LogP contribution >= 0.6 is 9.24 Å². The number of alkyl halides is 3. The number of hydrogen-bond donors (Lipinski definition) is 0. The third-order valence-electron chi connectivity index (χ3n) is 2.11. The number of halogens is 3. The predicted molar refractivity (Wildman–Crippen MR) is 61.1 cm³/mol. The zero-order valence-electron chi connectivity index (χ0n) is 9.17. The van der Waals surface area contributed by atoms with Crippen LogP contribution in [-0.2, 0) is 22.1 Å². The molecule has 1 atom stereocenters. The fourth-order valence-corrected chi connectivity index (χ4v) is 1.68. The molecule has 0 aliphatic heterocycles. The van der Waals surface area contributed by atoms with Crippen molar-refractivity contribution in [2.45, 2.75) is 19.5 Å². The van der Waals surface area contributed by atoms with E-state index in [-0.39, 0.29) is 13.0 Å². The topological polar surface area (TPSA) is 26.3 Å². The SMILES string of the molecule is CCOC(=O)Cc1ccc(C(F)(F)F)cc1P. The van der Waals surface area contributed by atoms with Crippen molar-refractivity contribution in [1.82, 2.24) is 0 Å². The summed E-state index contributed by atoms with van der Waals surface area (Å²) in [6.45, 7) is 1.93. The Kier molecular flexibility index (Phi) is 4.52. The van der Waals surface area contributed by atoms with E-state index in [9.17, 15) is 18.0 Å². The van der Waals surface area contributed by atoms with Crippen molar-refractivity contribution in [3.05, 3.63) is 29.3 Å². The molecule has 0 heterocycles. The molecule has 0 bridgehead atoms. The maximum Gasteiger partial charge on any atom is 0.416 e. The first-order valence-electron chi connectivity index (χ1n) is 4.95. The van der Waals surface area contributed by atoms with Crippen LogP contribution in [0, 0.1) is 0 Å². The predicted octanol–water partition coefficient (Wildman–Crippen LogP) is 2.31. The van der Waals surface area contributed by atoms with E-state index in [1.807, 2.05) is 0 Å². The van der Waals surface area contributed by atoms with E-state index in [0.717, 1.165) is 12.1 Å². The standard InChI is InChI=1S/C11H12F3O2P/c1-2-16-10(15)5-7-3-4-8(6-9(7)17)11(12,13)14/h3-4,6H,2,5,17H2,1H3. The summed E-state index contributed by atoms with van der Waals surface area (Å²) in [4.78, 5) is 11.2. The lowest BCUT2D eigenvalue weighted by molar-refractivity contribution is -0.142. The van der Waals surface area contributed by atoms with Gasteiger partial charge in [0, 0.05) is 0 Å². The second kappa shape index (κ2) is 5.50. The number of carbonyl (C=O) groups is 1. The number of carbonyl (C=O) groups excluding carboxylic acids is 1. The molecule has 1 unspecified atom stereocenters. The van der Waals surface area contributed by atoms with E-state index >= 15 is 0 Å². The smallest absolute Gasteiger partial charge is 0.416 e. The Hall–Kier alpha value is -1.09. The molecule has 0 N–H and O–H groups in total. The summed E-state index contributed by atoms with van der Waals surface area (Å²) in [5, 5.41) is 0.355. The maximum absolute atomic E-state index is 12.4. The number of rotatable bonds is 3. The van der Waals surface area contributed by atoms with Crippen LogP contribution in [0.15, 0.2) is 18.2 Å². The first-order valence-corrected chi connectivity index (χ1v) is 5.53. The molecule has 94 valence electrons. The zero-order chi connectivity index (χ0) is 13.1. The Labute approximate surface area is 99.4 Å². The average Bonchev–Trinajstić information content (AvgIpc) is 2.20. The van der Waals surface area contributed by atoms with E-state index in [1.54, 1.807) is 6.92 Å². The van der Waals surface area contributed by atoms with Crippen molar-refractivity contribution in [3.63, 3.8) is 0 Å². The van der Waals surface area contributed by atoms with Gasteiger partial charge in [0.2, 0.25) is 0 Å². The van der Waals surface area contributed by atoms with Gasteiger partial charge in [-0.1, -0.05) is 6.07 Å². The van der Waals surface area contributed by atoms with Gasteiger partial charge < -0.3 is 4.74 Å². The van der Waals surface area contributed by atoms with E-state index in [2.05, 4.69) is 9.24 Å². The van der Waals surface area contributed by atoms with Crippen molar-refractivity contribution in [2.75, 3.05) is 6.61 Å². The molecule has 0 aliphatic rings. The van der Waals surface area contributed by atoms with Gasteiger partial charge in [-0.25, -0.2) is 0 Å². The molecule has 6 heteroatoms. The van der Waals surface area contributed by atoms with Gasteiger partial charge in [-0.3, -0.25) is 4.79 Å². The van der Waals surface area contributed by atoms with Crippen molar-refractivity contribution in [1.29, 1.82) is 0 Å². The van der Waals surface area contributed by atoms with Crippen LogP contribution in [0.2, 0.25) is 0 Å². The van der Waals surface area contributed by atoms with Crippen LogP contribution in [0.5, 0.6) is 0 Å². The van der Waals surface area contributed by atoms with Crippen LogP contribution in [0.1, 0.15) is 18.1 Å². The highest BCUT2D eigenvalue weighted by molar-refractivity contribution is 7.27. The van der Waals surface area contributed by atoms with Crippen LogP contribution in [-0.4, -0.2) is 12.6 Å². The second-order valence-electron chi connectivity index (χ2n) is 3.39. The zero-order valence-corrected chi connectivity index (χ0v) is 10.3. The Bertz CT molecular complexity index is 416. The third kappa shape index (κ3) is 4.00. The minimum atomic E-state index is -4.37. The quantitative estimate of drug-likeness (QED) is 0.618. The van der Waals surface area contributed by atoms with Crippen molar-refractivity contribution < 1.29 is 22.7 Å². The molecule has 0 aliphatic carbocycles. The van der Waals surface area contributed by atoms with Crippen LogP contribution in [0.3, 0.4) is 0 Å². The number of benzene rings is 1. The summed E-state index contributed by atoms with van der Waals surface area (Å²) in [5.41, 5.74) is -0.212. The molecule has 0 saturated carbocycles. The summed E-state index contributed by atoms with van der Waals surface area (Å²) in [5.74, 6) is -0.448. The molecular weight excluding hydrogens is 252 g/mol. The monoisotopic (exact) mass is 264 g/mol. The Balaban J connectivity index is 2.87. The molecule has 0 fully saturated rings. The molecule has 17 heavy (non-hydrogen) atoms. The first kappa shape index (κ1) is 14.0. The first-order chi connectivity index (χ1) is 7.84. The van der Waals surface area contributed by atoms with Crippen molar-refractivity contribution >= 4 is 20.5 Å². The second-order valence-corrected chi connectivity index (χ2v) is 4.02. The minimum absolute atomic E-state index is 0.0230. The molecule has 2 nitrogen and oxygen atoms in total. The molecule has 1 aromatic carbocycles. The maximum atomic E-state index is 12.4. The van der Waals surface area contributed by atoms with Gasteiger partial charge in [0.05, 0.1) is 18.6 Å². The summed E-state index contributed by atoms with van der Waals surface area (Å²) in [7, 11) is 2.20. The van der Waals surface area contributed by atoms with Crippen LogP contribution in [0.25, 0.3) is 0 Å². The normalized spacial score (nSPS) is 11.4. The summed E-state index contributed by atoms with van der Waals surface area (Å²) in [6, 6.07) is 3.25. The molecule has 0 radical (unpaired) electrons. The molecule has 0 spiro atoms. The molecule has 1 aromatic rings. The molecule has 0 saturated heterocycles. The fourth-order valence-electron chi connectivity index (χ4n) is 1.30. The highest BCUT2D eigenvalue weighted by Crippen LogP contribution is 2.29. The van der Waals surface area contributed by atoms with Gasteiger partial charge in [0.25, 0.3) is 0 Å². The Morgan fingerprint density at radius 1 is 1.41 bits per heavy atom. The Morgan fingerprint density at radius 2 is 2.06 bits per heavy atom. The summed E-state index contributed by atoms with van der Waals surface area (Å²) < 4.78 is 41.9. The molecule has 0 aromatic heterocycles. The van der Waals surface area contributed by atoms with Gasteiger partial charge in [0.15, 0.2) is 0 Å². The highest BCUT2D eigenvalue weighted by atomic mass is 31.0. The lowest BCUT2D eigenvalue weighted by Crippen LogP contribution is -2.15. The van der Waals surface area contributed by atoms with Gasteiger partial charge in [-0.15, -0.1) is 9.24 Å². The van der Waals surface area contributed by atoms with Gasteiger partial charge in [0.1, 0.15) is 0 Å². The molecule has 1 rings (SSSR count). The Morgan fingerprint density at radius 3 is 2.53 bits per heavy atom. The molecule has 0 amide bonds. The largest absolute Gasteiger partial charge is 0.466 e. The number of ether oxygens (including phenoxy) is 1. The van der Waals surface area contributed by atoms with E-state index < -0.39 is 17.7 Å². The summed E-state index contributed by atoms with van der Waals surface area (Å²) >= 11 is 0. The minimum Gasteiger partial charge on any atom is -0.466 e. The van der Waals surface area contributed by atoms with Gasteiger partial charge in [-0.05, 0) is 29.9 Å². The summed E-state index contributed by atoms with van der Waals surface area (Å²) in [6.07, 6.45) is -4.39. The lowest BCUT2D eigenvalue weighted by Gasteiger charge is -2.10. The highest BCUT2D eigenvalue weighted by Gasteiger charge is 2.30. The van der Waals surface area contributed by atoms with Gasteiger partial charge >= 0.3 is 12.1 Å². The van der Waals surface area contributed by atoms with Crippen LogP contribution < -0.4 is 5.30 Å². The van der Waals surface area contributed by atoms with Gasteiger partial charge in [-0.2, -0.15) is 13.2 Å². The number of hydrogen-bond acceptors (Lipinski definition) is 2. The van der Waals surface area contributed by atoms with E-state index in [1.165, 1.54) is 6.07 Å². The fraction of sp³-hybridized carbons (Fsp3) is 0.364. The lowest BCUT2D eigenvalue weighted by atomic mass is 10.1. The van der Waals surface area contributed by atoms with Crippen molar-refractivity contribution in [2.24, 2.45) is 0 Å². The third-order valence-corrected chi connectivity index (χ3v) is 2.65. The van der Waals surface area contributed by atoms with Crippen LogP contribution in [0.4, 0.5) is 13.2 Å². The van der Waals surface area contributed by atoms with E-state index in [0.29, 0.717) is 10.9 Å².